The second kappa shape index (κ2) is 4.87. The van der Waals surface area contributed by atoms with E-state index in [4.69, 9.17) is 5.26 Å². The number of alkyl halides is 3. The third-order valence-corrected chi connectivity index (χ3v) is 2.06. The van der Waals surface area contributed by atoms with Crippen molar-refractivity contribution in [2.75, 3.05) is 5.32 Å². The molecule has 0 spiro atoms. The number of carbonyl (C=O) groups is 1. The Morgan fingerprint density at radius 1 is 1.47 bits per heavy atom. The zero-order valence-corrected chi connectivity index (χ0v) is 8.93. The Morgan fingerprint density at radius 2 is 2.12 bits per heavy atom. The quantitative estimate of drug-likeness (QED) is 0.866. The number of nitriles is 1. The largest absolute Gasteiger partial charge is 0.416 e. The maximum atomic E-state index is 12.4. The molecule has 0 aromatic heterocycles. The SMILES string of the molecule is CCC(=O)Nc1ccc(C(F)(F)F)cc1C#N. The van der Waals surface area contributed by atoms with Gasteiger partial charge in [-0.05, 0) is 18.2 Å². The molecule has 1 N–H and O–H groups in total. The van der Waals surface area contributed by atoms with E-state index in [2.05, 4.69) is 5.32 Å². The van der Waals surface area contributed by atoms with Gasteiger partial charge in [0, 0.05) is 6.42 Å². The van der Waals surface area contributed by atoms with Crippen molar-refractivity contribution in [2.24, 2.45) is 0 Å². The first-order chi connectivity index (χ1) is 7.88. The van der Waals surface area contributed by atoms with Gasteiger partial charge < -0.3 is 5.32 Å². The van der Waals surface area contributed by atoms with Gasteiger partial charge in [-0.3, -0.25) is 4.79 Å². The van der Waals surface area contributed by atoms with Gasteiger partial charge in [-0.15, -0.1) is 0 Å². The highest BCUT2D eigenvalue weighted by Gasteiger charge is 2.31. The highest BCUT2D eigenvalue weighted by molar-refractivity contribution is 5.91. The molecule has 0 aliphatic rings. The minimum Gasteiger partial charge on any atom is -0.325 e. The summed E-state index contributed by atoms with van der Waals surface area (Å²) >= 11 is 0. The minimum atomic E-state index is -4.50. The molecule has 1 rings (SSSR count). The summed E-state index contributed by atoms with van der Waals surface area (Å²) in [7, 11) is 0. The molecule has 0 atom stereocenters. The summed E-state index contributed by atoms with van der Waals surface area (Å²) in [5.74, 6) is -0.360. The summed E-state index contributed by atoms with van der Waals surface area (Å²) < 4.78 is 37.1. The predicted octanol–water partition coefficient (Wildman–Crippen LogP) is 2.93. The molecule has 1 aromatic carbocycles. The molecule has 0 heterocycles. The Labute approximate surface area is 95.9 Å². The normalized spacial score (nSPS) is 10.8. The molecule has 6 heteroatoms. The van der Waals surface area contributed by atoms with Crippen LogP contribution < -0.4 is 5.32 Å². The van der Waals surface area contributed by atoms with Crippen molar-refractivity contribution in [3.05, 3.63) is 29.3 Å². The van der Waals surface area contributed by atoms with Gasteiger partial charge in [0.25, 0.3) is 0 Å². The van der Waals surface area contributed by atoms with Gasteiger partial charge in [-0.1, -0.05) is 6.92 Å². The van der Waals surface area contributed by atoms with E-state index in [9.17, 15) is 18.0 Å². The van der Waals surface area contributed by atoms with E-state index in [0.717, 1.165) is 12.1 Å². The van der Waals surface area contributed by atoms with Crippen molar-refractivity contribution in [3.8, 4) is 6.07 Å². The molecule has 0 saturated heterocycles. The molecule has 0 fully saturated rings. The van der Waals surface area contributed by atoms with Gasteiger partial charge in [-0.2, -0.15) is 18.4 Å². The third-order valence-electron chi connectivity index (χ3n) is 2.06. The molecule has 3 nitrogen and oxygen atoms in total. The summed E-state index contributed by atoms with van der Waals surface area (Å²) in [6, 6.07) is 4.24. The fourth-order valence-corrected chi connectivity index (χ4v) is 1.16. The van der Waals surface area contributed by atoms with Gasteiger partial charge in [-0.25, -0.2) is 0 Å². The van der Waals surface area contributed by atoms with E-state index >= 15 is 0 Å². The van der Waals surface area contributed by atoms with Crippen LogP contribution in [0, 0.1) is 11.3 Å². The second-order valence-electron chi connectivity index (χ2n) is 3.27. The van der Waals surface area contributed by atoms with Crippen molar-refractivity contribution in [2.45, 2.75) is 19.5 Å². The van der Waals surface area contributed by atoms with E-state index in [1.807, 2.05) is 0 Å². The number of nitrogens with zero attached hydrogens (tertiary/aromatic N) is 1. The van der Waals surface area contributed by atoms with Crippen molar-refractivity contribution in [3.63, 3.8) is 0 Å². The lowest BCUT2D eigenvalue weighted by atomic mass is 10.1. The van der Waals surface area contributed by atoms with E-state index < -0.39 is 11.7 Å². The Hall–Kier alpha value is -2.03. The van der Waals surface area contributed by atoms with Crippen LogP contribution in [0.1, 0.15) is 24.5 Å². The third kappa shape index (κ3) is 3.21. The number of carbonyl (C=O) groups excluding carboxylic acids is 1. The van der Waals surface area contributed by atoms with Crippen molar-refractivity contribution in [1.29, 1.82) is 5.26 Å². The number of nitrogens with one attached hydrogen (secondary N) is 1. The van der Waals surface area contributed by atoms with Crippen molar-refractivity contribution in [1.82, 2.24) is 0 Å². The standard InChI is InChI=1S/C11H9F3N2O/c1-2-10(17)16-9-4-3-8(11(12,13)14)5-7(9)6-15/h3-5H,2H2,1H3,(H,16,17). The Bertz CT molecular complexity index is 475. The smallest absolute Gasteiger partial charge is 0.325 e. The Morgan fingerprint density at radius 3 is 2.59 bits per heavy atom. The molecule has 0 bridgehead atoms. The summed E-state index contributed by atoms with van der Waals surface area (Å²) in [5.41, 5.74) is -1.03. The summed E-state index contributed by atoms with van der Waals surface area (Å²) in [6.45, 7) is 1.60. The number of hydrogen-bond donors (Lipinski definition) is 1. The average Bonchev–Trinajstić information content (AvgIpc) is 2.27. The predicted molar refractivity (Wildman–Crippen MR) is 55.1 cm³/mol. The van der Waals surface area contributed by atoms with Crippen molar-refractivity contribution >= 4 is 11.6 Å². The van der Waals surface area contributed by atoms with E-state index in [1.54, 1.807) is 13.0 Å². The van der Waals surface area contributed by atoms with Gasteiger partial charge in [0.05, 0.1) is 16.8 Å². The fraction of sp³-hybridized carbons (Fsp3) is 0.273. The topological polar surface area (TPSA) is 52.9 Å². The number of anilines is 1. The lowest BCUT2D eigenvalue weighted by molar-refractivity contribution is -0.137. The Kier molecular flexibility index (Phi) is 3.73. The number of amides is 1. The lowest BCUT2D eigenvalue weighted by Crippen LogP contribution is -2.12. The maximum Gasteiger partial charge on any atom is 0.416 e. The minimum absolute atomic E-state index is 0.0901. The first-order valence-electron chi connectivity index (χ1n) is 4.79. The molecule has 0 unspecified atom stereocenters. The molecule has 0 aliphatic heterocycles. The van der Waals surface area contributed by atoms with Crippen LogP contribution in [0.2, 0.25) is 0 Å². The fourth-order valence-electron chi connectivity index (χ4n) is 1.16. The summed E-state index contributed by atoms with van der Waals surface area (Å²) in [4.78, 5) is 11.1. The second-order valence-corrected chi connectivity index (χ2v) is 3.27. The molecule has 0 aliphatic carbocycles. The molecule has 1 amide bonds. The van der Waals surface area contributed by atoms with Gasteiger partial charge in [0.1, 0.15) is 6.07 Å². The van der Waals surface area contributed by atoms with Crippen molar-refractivity contribution < 1.29 is 18.0 Å². The van der Waals surface area contributed by atoms with Crippen LogP contribution >= 0.6 is 0 Å². The van der Waals surface area contributed by atoms with Crippen LogP contribution in [0.25, 0.3) is 0 Å². The summed E-state index contributed by atoms with van der Waals surface area (Å²) in [6.07, 6.45) is -4.31. The van der Waals surface area contributed by atoms with E-state index in [-0.39, 0.29) is 23.6 Å². The first kappa shape index (κ1) is 13.0. The zero-order chi connectivity index (χ0) is 13.1. The highest BCUT2D eigenvalue weighted by Crippen LogP contribution is 2.31. The van der Waals surface area contributed by atoms with Crippen LogP contribution in [0.3, 0.4) is 0 Å². The van der Waals surface area contributed by atoms with Crippen LogP contribution in [-0.2, 0) is 11.0 Å². The summed E-state index contributed by atoms with van der Waals surface area (Å²) in [5, 5.41) is 11.1. The lowest BCUT2D eigenvalue weighted by Gasteiger charge is -2.10. The molecular weight excluding hydrogens is 233 g/mol. The van der Waals surface area contributed by atoms with Gasteiger partial charge in [0.15, 0.2) is 0 Å². The number of halogens is 3. The number of benzene rings is 1. The van der Waals surface area contributed by atoms with Crippen LogP contribution in [0.15, 0.2) is 18.2 Å². The number of hydrogen-bond acceptors (Lipinski definition) is 2. The first-order valence-corrected chi connectivity index (χ1v) is 4.79. The van der Waals surface area contributed by atoms with Gasteiger partial charge >= 0.3 is 6.18 Å². The van der Waals surface area contributed by atoms with E-state index in [0.29, 0.717) is 6.07 Å². The maximum absolute atomic E-state index is 12.4. The molecule has 90 valence electrons. The van der Waals surface area contributed by atoms with E-state index in [1.165, 1.54) is 0 Å². The average molecular weight is 242 g/mol. The molecule has 0 saturated carbocycles. The van der Waals surface area contributed by atoms with Crippen LogP contribution in [0.5, 0.6) is 0 Å². The zero-order valence-electron chi connectivity index (χ0n) is 8.93. The molecule has 1 aromatic rings. The molecular formula is C11H9F3N2O. The molecule has 0 radical (unpaired) electrons. The van der Waals surface area contributed by atoms with Gasteiger partial charge in [0.2, 0.25) is 5.91 Å². The highest BCUT2D eigenvalue weighted by atomic mass is 19.4. The Balaban J connectivity index is 3.11. The van der Waals surface area contributed by atoms with Crippen LogP contribution in [0.4, 0.5) is 18.9 Å². The van der Waals surface area contributed by atoms with Crippen LogP contribution in [-0.4, -0.2) is 5.91 Å². The monoisotopic (exact) mass is 242 g/mol. The number of rotatable bonds is 2. The molecule has 17 heavy (non-hydrogen) atoms.